The van der Waals surface area contributed by atoms with Gasteiger partial charge >= 0.3 is 0 Å². The van der Waals surface area contributed by atoms with Crippen molar-refractivity contribution in [2.75, 3.05) is 13.1 Å². The fraction of sp³-hybridized carbons (Fsp3) is 0.333. The van der Waals surface area contributed by atoms with E-state index >= 15 is 0 Å². The van der Waals surface area contributed by atoms with Gasteiger partial charge in [-0.15, -0.1) is 0 Å². The summed E-state index contributed by atoms with van der Waals surface area (Å²) in [7, 11) is -4.03. The van der Waals surface area contributed by atoms with Gasteiger partial charge in [0, 0.05) is 30.6 Å². The monoisotopic (exact) mass is 375 g/mol. The highest BCUT2D eigenvalue weighted by Gasteiger charge is 2.42. The van der Waals surface area contributed by atoms with E-state index in [1.165, 1.54) is 4.31 Å². The minimum Gasteiger partial charge on any atom is -0.326 e. The van der Waals surface area contributed by atoms with Crippen LogP contribution in [0, 0.1) is 24.0 Å². The SMILES string of the molecule is Cc1ccc(C)c(S(=O)(=O)N2C[C@@H](N)[C@H](c3ccccc3)C2)c1[N+](=O)[O-]. The number of nitrogens with two attached hydrogens (primary N) is 1. The smallest absolute Gasteiger partial charge is 0.292 e. The highest BCUT2D eigenvalue weighted by Crippen LogP contribution is 2.36. The molecule has 7 nitrogen and oxygen atoms in total. The number of rotatable bonds is 4. The maximum Gasteiger partial charge on any atom is 0.292 e. The van der Waals surface area contributed by atoms with E-state index < -0.39 is 14.9 Å². The molecule has 1 aliphatic heterocycles. The van der Waals surface area contributed by atoms with Crippen LogP contribution in [-0.4, -0.2) is 36.8 Å². The zero-order valence-corrected chi connectivity index (χ0v) is 15.4. The first-order valence-electron chi connectivity index (χ1n) is 8.28. The lowest BCUT2D eigenvalue weighted by atomic mass is 9.95. The van der Waals surface area contributed by atoms with Gasteiger partial charge in [0.2, 0.25) is 10.0 Å². The van der Waals surface area contributed by atoms with Crippen LogP contribution in [0.15, 0.2) is 47.4 Å². The number of hydrogen-bond acceptors (Lipinski definition) is 5. The standard InChI is InChI=1S/C18H21N3O4S/c1-12-8-9-13(2)18(17(12)21(22)23)26(24,25)20-10-15(16(19)11-20)14-6-4-3-5-7-14/h3-9,15-16H,10-11,19H2,1-2H3/t15-,16+/m0/s1. The van der Waals surface area contributed by atoms with Crippen LogP contribution in [0.4, 0.5) is 5.69 Å². The van der Waals surface area contributed by atoms with E-state index in [9.17, 15) is 18.5 Å². The Kier molecular flexibility index (Phi) is 4.83. The molecule has 3 rings (SSSR count). The minimum atomic E-state index is -4.03. The lowest BCUT2D eigenvalue weighted by Crippen LogP contribution is -2.33. The molecule has 0 bridgehead atoms. The first kappa shape index (κ1) is 18.5. The summed E-state index contributed by atoms with van der Waals surface area (Å²) in [4.78, 5) is 10.6. The molecule has 0 saturated carbocycles. The molecular weight excluding hydrogens is 354 g/mol. The average Bonchev–Trinajstić information content (AvgIpc) is 2.99. The fourth-order valence-corrected chi connectivity index (χ4v) is 5.43. The van der Waals surface area contributed by atoms with Crippen molar-refractivity contribution in [3.05, 3.63) is 69.3 Å². The number of nitro groups is 1. The van der Waals surface area contributed by atoms with E-state index in [2.05, 4.69) is 0 Å². The number of aryl methyl sites for hydroxylation is 2. The Balaban J connectivity index is 2.03. The Hall–Kier alpha value is -2.29. The van der Waals surface area contributed by atoms with Crippen LogP contribution >= 0.6 is 0 Å². The Labute approximate surface area is 152 Å². The first-order valence-corrected chi connectivity index (χ1v) is 9.72. The number of sulfonamides is 1. The van der Waals surface area contributed by atoms with Crippen LogP contribution in [0.2, 0.25) is 0 Å². The lowest BCUT2D eigenvalue weighted by molar-refractivity contribution is -0.388. The molecule has 2 aromatic carbocycles. The number of hydrogen-bond donors (Lipinski definition) is 1. The summed E-state index contributed by atoms with van der Waals surface area (Å²) in [5.74, 6) is -0.143. The third-order valence-electron chi connectivity index (χ3n) is 4.87. The third-order valence-corrected chi connectivity index (χ3v) is 6.88. The summed E-state index contributed by atoms with van der Waals surface area (Å²) in [6.45, 7) is 3.45. The van der Waals surface area contributed by atoms with Gasteiger partial charge in [0.15, 0.2) is 4.90 Å². The Bertz CT molecular complexity index is 944. The van der Waals surface area contributed by atoms with E-state index in [4.69, 9.17) is 5.73 Å². The van der Waals surface area contributed by atoms with Gasteiger partial charge in [-0.25, -0.2) is 8.42 Å². The quantitative estimate of drug-likeness (QED) is 0.652. The van der Waals surface area contributed by atoms with Crippen LogP contribution in [0.3, 0.4) is 0 Å². The summed E-state index contributed by atoms with van der Waals surface area (Å²) in [6, 6.07) is 12.3. The largest absolute Gasteiger partial charge is 0.326 e. The van der Waals surface area contributed by atoms with Gasteiger partial charge < -0.3 is 5.73 Å². The molecule has 2 aromatic rings. The number of nitro benzene ring substituents is 1. The van der Waals surface area contributed by atoms with Gasteiger partial charge in [0.25, 0.3) is 5.69 Å². The van der Waals surface area contributed by atoms with Crippen molar-refractivity contribution in [2.45, 2.75) is 30.7 Å². The Morgan fingerprint density at radius 3 is 2.31 bits per heavy atom. The van der Waals surface area contributed by atoms with Crippen molar-refractivity contribution >= 4 is 15.7 Å². The molecule has 1 aliphatic rings. The number of nitrogens with zero attached hydrogens (tertiary/aromatic N) is 2. The predicted octanol–water partition coefficient (Wildman–Crippen LogP) is 2.33. The topological polar surface area (TPSA) is 107 Å². The van der Waals surface area contributed by atoms with E-state index in [1.54, 1.807) is 26.0 Å². The Morgan fingerprint density at radius 1 is 1.08 bits per heavy atom. The third kappa shape index (κ3) is 3.11. The van der Waals surface area contributed by atoms with Crippen molar-refractivity contribution in [1.82, 2.24) is 4.31 Å². The van der Waals surface area contributed by atoms with Gasteiger partial charge in [-0.3, -0.25) is 10.1 Å². The summed E-state index contributed by atoms with van der Waals surface area (Å²) < 4.78 is 27.7. The van der Waals surface area contributed by atoms with Crippen LogP contribution < -0.4 is 5.73 Å². The fourth-order valence-electron chi connectivity index (χ4n) is 3.49. The van der Waals surface area contributed by atoms with Crippen LogP contribution in [0.25, 0.3) is 0 Å². The molecule has 138 valence electrons. The molecule has 1 saturated heterocycles. The molecule has 1 fully saturated rings. The van der Waals surface area contributed by atoms with Crippen LogP contribution in [0.5, 0.6) is 0 Å². The lowest BCUT2D eigenvalue weighted by Gasteiger charge is -2.18. The summed E-state index contributed by atoms with van der Waals surface area (Å²) in [6.07, 6.45) is 0. The Morgan fingerprint density at radius 2 is 1.69 bits per heavy atom. The molecule has 2 atom stereocenters. The molecule has 0 spiro atoms. The second-order valence-corrected chi connectivity index (χ2v) is 8.51. The number of benzene rings is 2. The van der Waals surface area contributed by atoms with Gasteiger partial charge in [-0.1, -0.05) is 42.5 Å². The molecule has 0 aliphatic carbocycles. The summed E-state index contributed by atoms with van der Waals surface area (Å²) in [5.41, 5.74) is 7.49. The molecule has 8 heteroatoms. The van der Waals surface area contributed by atoms with E-state index in [0.717, 1.165) is 5.56 Å². The van der Waals surface area contributed by atoms with Crippen molar-refractivity contribution < 1.29 is 13.3 Å². The molecule has 0 radical (unpaired) electrons. The normalized spacial score (nSPS) is 21.0. The molecular formula is C18H21N3O4S. The molecule has 0 unspecified atom stereocenters. The first-order chi connectivity index (χ1) is 12.2. The highest BCUT2D eigenvalue weighted by atomic mass is 32.2. The molecule has 26 heavy (non-hydrogen) atoms. The van der Waals surface area contributed by atoms with Gasteiger partial charge in [-0.2, -0.15) is 4.31 Å². The van der Waals surface area contributed by atoms with Crippen molar-refractivity contribution in [2.24, 2.45) is 5.73 Å². The van der Waals surface area contributed by atoms with Crippen LogP contribution in [-0.2, 0) is 10.0 Å². The molecule has 0 aromatic heterocycles. The zero-order chi connectivity index (χ0) is 19.1. The minimum absolute atomic E-state index is 0.131. The second kappa shape index (κ2) is 6.79. The average molecular weight is 375 g/mol. The van der Waals surface area contributed by atoms with Gasteiger partial charge in [-0.05, 0) is 25.0 Å². The van der Waals surface area contributed by atoms with E-state index in [-0.39, 0.29) is 35.6 Å². The van der Waals surface area contributed by atoms with Crippen LogP contribution in [0.1, 0.15) is 22.6 Å². The maximum atomic E-state index is 13.2. The molecule has 0 amide bonds. The maximum absolute atomic E-state index is 13.2. The van der Waals surface area contributed by atoms with Crippen molar-refractivity contribution in [1.29, 1.82) is 0 Å². The summed E-state index contributed by atoms with van der Waals surface area (Å²) in [5, 5.41) is 11.5. The van der Waals surface area contributed by atoms with Gasteiger partial charge in [0.1, 0.15) is 0 Å². The molecule has 2 N–H and O–H groups in total. The predicted molar refractivity (Wildman–Crippen MR) is 98.5 cm³/mol. The van der Waals surface area contributed by atoms with Crippen molar-refractivity contribution in [3.63, 3.8) is 0 Å². The van der Waals surface area contributed by atoms with E-state index in [0.29, 0.717) is 11.1 Å². The van der Waals surface area contributed by atoms with Crippen molar-refractivity contribution in [3.8, 4) is 0 Å². The molecule has 1 heterocycles. The summed E-state index contributed by atoms with van der Waals surface area (Å²) >= 11 is 0. The van der Waals surface area contributed by atoms with Gasteiger partial charge in [0.05, 0.1) is 4.92 Å². The highest BCUT2D eigenvalue weighted by molar-refractivity contribution is 7.89. The van der Waals surface area contributed by atoms with E-state index in [1.807, 2.05) is 30.3 Å². The second-order valence-electron chi connectivity index (χ2n) is 6.64. The zero-order valence-electron chi connectivity index (χ0n) is 14.6.